The van der Waals surface area contributed by atoms with Gasteiger partial charge in [0.1, 0.15) is 17.0 Å². The first-order valence-electron chi connectivity index (χ1n) is 8.35. The Hall–Kier alpha value is -2.60. The molecule has 132 valence electrons. The van der Waals surface area contributed by atoms with Crippen molar-refractivity contribution < 1.29 is 14.1 Å². The average molecular weight is 413 g/mol. The minimum Gasteiger partial charge on any atom is -0.438 e. The zero-order valence-corrected chi connectivity index (χ0v) is 15.7. The van der Waals surface area contributed by atoms with E-state index in [-0.39, 0.29) is 0 Å². The van der Waals surface area contributed by atoms with Crippen LogP contribution >= 0.6 is 15.9 Å². The Morgan fingerprint density at radius 1 is 1.15 bits per heavy atom. The molecule has 0 atom stereocenters. The second kappa shape index (κ2) is 6.61. The number of hydrogen-bond acceptors (Lipinski definition) is 4. The van der Waals surface area contributed by atoms with Gasteiger partial charge in [0.05, 0.1) is 0 Å². The van der Waals surface area contributed by atoms with Gasteiger partial charge in [0, 0.05) is 10.0 Å². The van der Waals surface area contributed by atoms with Crippen molar-refractivity contribution in [3.8, 4) is 11.3 Å². The molecule has 0 unspecified atom stereocenters. The monoisotopic (exact) mass is 412 g/mol. The average Bonchev–Trinajstić information content (AvgIpc) is 3.35. The molecule has 0 aliphatic heterocycles. The normalized spacial score (nSPS) is 14.7. The molecule has 1 fully saturated rings. The lowest BCUT2D eigenvalue weighted by Gasteiger charge is -2.17. The van der Waals surface area contributed by atoms with Crippen LogP contribution in [0, 0.1) is 6.92 Å². The van der Waals surface area contributed by atoms with Crippen LogP contribution in [0.15, 0.2) is 63.6 Å². The number of carbonyl (C=O) groups is 1. The summed E-state index contributed by atoms with van der Waals surface area (Å²) < 4.78 is 12.1. The van der Waals surface area contributed by atoms with Crippen LogP contribution in [0.2, 0.25) is 0 Å². The number of benzene rings is 2. The second-order valence-corrected chi connectivity index (χ2v) is 7.27. The van der Waals surface area contributed by atoms with Crippen molar-refractivity contribution in [1.29, 1.82) is 0 Å². The Balaban J connectivity index is 1.54. The van der Waals surface area contributed by atoms with Crippen molar-refractivity contribution in [2.45, 2.75) is 25.4 Å². The van der Waals surface area contributed by atoms with Gasteiger partial charge in [0.25, 0.3) is 0 Å². The summed E-state index contributed by atoms with van der Waals surface area (Å²) in [6, 6.07) is 17.4. The standard InChI is InChI=1S/C20H17BrN2O3/c1-13-17(18(26-23-13)14-7-9-16(21)10-8-14)22-19(24)25-20(11-12-20)15-5-3-2-4-6-15/h2-10H,11-12H2,1H3,(H,22,24). The van der Waals surface area contributed by atoms with E-state index in [0.29, 0.717) is 17.1 Å². The first-order valence-corrected chi connectivity index (χ1v) is 9.14. The number of rotatable bonds is 4. The van der Waals surface area contributed by atoms with Gasteiger partial charge < -0.3 is 9.26 Å². The van der Waals surface area contributed by atoms with Crippen LogP contribution in [-0.4, -0.2) is 11.2 Å². The Kier molecular flexibility index (Phi) is 4.28. The molecule has 1 aromatic heterocycles. The Morgan fingerprint density at radius 2 is 1.85 bits per heavy atom. The van der Waals surface area contributed by atoms with Crippen LogP contribution in [0.5, 0.6) is 0 Å². The lowest BCUT2D eigenvalue weighted by atomic mass is 10.1. The summed E-state index contributed by atoms with van der Waals surface area (Å²) in [5.74, 6) is 0.511. The minimum atomic E-state index is -0.520. The highest BCUT2D eigenvalue weighted by Gasteiger charge is 2.48. The van der Waals surface area contributed by atoms with Gasteiger partial charge in [-0.2, -0.15) is 0 Å². The molecule has 1 N–H and O–H groups in total. The molecule has 3 aromatic rings. The maximum atomic E-state index is 12.5. The molecule has 0 saturated heterocycles. The third-order valence-corrected chi connectivity index (χ3v) is 5.02. The molecule has 1 amide bonds. The molecule has 0 radical (unpaired) electrons. The summed E-state index contributed by atoms with van der Waals surface area (Å²) in [5.41, 5.74) is 2.46. The summed E-state index contributed by atoms with van der Waals surface area (Å²) in [7, 11) is 0. The van der Waals surface area contributed by atoms with E-state index in [2.05, 4.69) is 26.4 Å². The molecule has 4 rings (SSSR count). The predicted molar refractivity (Wildman–Crippen MR) is 102 cm³/mol. The van der Waals surface area contributed by atoms with E-state index in [1.54, 1.807) is 6.92 Å². The van der Waals surface area contributed by atoms with E-state index in [0.717, 1.165) is 28.4 Å². The third-order valence-electron chi connectivity index (χ3n) is 4.49. The largest absolute Gasteiger partial charge is 0.438 e. The van der Waals surface area contributed by atoms with E-state index in [9.17, 15) is 4.79 Å². The summed E-state index contributed by atoms with van der Waals surface area (Å²) in [6.45, 7) is 1.78. The smallest absolute Gasteiger partial charge is 0.412 e. The number of ether oxygens (including phenoxy) is 1. The first-order chi connectivity index (χ1) is 12.6. The van der Waals surface area contributed by atoms with Crippen molar-refractivity contribution in [3.63, 3.8) is 0 Å². The van der Waals surface area contributed by atoms with E-state index in [1.165, 1.54) is 0 Å². The fourth-order valence-electron chi connectivity index (χ4n) is 2.93. The maximum absolute atomic E-state index is 12.5. The van der Waals surface area contributed by atoms with Crippen molar-refractivity contribution >= 4 is 27.7 Å². The van der Waals surface area contributed by atoms with Crippen LogP contribution < -0.4 is 5.32 Å². The summed E-state index contributed by atoms with van der Waals surface area (Å²) in [4.78, 5) is 12.5. The Morgan fingerprint density at radius 3 is 2.50 bits per heavy atom. The number of nitrogens with one attached hydrogen (secondary N) is 1. The van der Waals surface area contributed by atoms with Crippen LogP contribution in [0.1, 0.15) is 24.1 Å². The summed E-state index contributed by atoms with van der Waals surface area (Å²) >= 11 is 3.41. The number of aromatic nitrogens is 1. The Labute approximate surface area is 159 Å². The lowest BCUT2D eigenvalue weighted by Crippen LogP contribution is -2.22. The SMILES string of the molecule is Cc1noc(-c2ccc(Br)cc2)c1NC(=O)OC1(c2ccccc2)CC1. The zero-order chi connectivity index (χ0) is 18.1. The number of aryl methyl sites for hydroxylation is 1. The number of halogens is 1. The van der Waals surface area contributed by atoms with Crippen molar-refractivity contribution in [2.75, 3.05) is 5.32 Å². The van der Waals surface area contributed by atoms with Crippen molar-refractivity contribution in [3.05, 3.63) is 70.3 Å². The van der Waals surface area contributed by atoms with Gasteiger partial charge in [-0.3, -0.25) is 5.32 Å². The van der Waals surface area contributed by atoms with Crippen LogP contribution in [0.3, 0.4) is 0 Å². The molecule has 1 aliphatic rings. The molecule has 0 bridgehead atoms. The van der Waals surface area contributed by atoms with E-state index in [4.69, 9.17) is 9.26 Å². The van der Waals surface area contributed by atoms with E-state index >= 15 is 0 Å². The van der Waals surface area contributed by atoms with Crippen molar-refractivity contribution in [1.82, 2.24) is 5.16 Å². The highest BCUT2D eigenvalue weighted by molar-refractivity contribution is 9.10. The fraction of sp³-hybridized carbons (Fsp3) is 0.200. The van der Waals surface area contributed by atoms with Crippen LogP contribution in [0.25, 0.3) is 11.3 Å². The quantitative estimate of drug-likeness (QED) is 0.600. The topological polar surface area (TPSA) is 64.4 Å². The molecule has 5 nitrogen and oxygen atoms in total. The summed E-state index contributed by atoms with van der Waals surface area (Å²) in [5, 5.41) is 6.79. The van der Waals surface area contributed by atoms with E-state index < -0.39 is 11.7 Å². The molecule has 1 heterocycles. The Bertz CT molecular complexity index is 931. The van der Waals surface area contributed by atoms with Crippen LogP contribution in [-0.2, 0) is 10.3 Å². The zero-order valence-electron chi connectivity index (χ0n) is 14.2. The second-order valence-electron chi connectivity index (χ2n) is 6.35. The van der Waals surface area contributed by atoms with Gasteiger partial charge in [0.2, 0.25) is 0 Å². The molecule has 26 heavy (non-hydrogen) atoms. The molecule has 0 spiro atoms. The molecular weight excluding hydrogens is 396 g/mol. The number of nitrogens with zero attached hydrogens (tertiary/aromatic N) is 1. The third kappa shape index (κ3) is 3.24. The first kappa shape index (κ1) is 16.8. The van der Waals surface area contributed by atoms with Gasteiger partial charge in [-0.1, -0.05) is 51.4 Å². The van der Waals surface area contributed by atoms with Gasteiger partial charge in [0.15, 0.2) is 5.76 Å². The maximum Gasteiger partial charge on any atom is 0.412 e. The van der Waals surface area contributed by atoms with Crippen molar-refractivity contribution in [2.24, 2.45) is 0 Å². The molecular formula is C20H17BrN2O3. The van der Waals surface area contributed by atoms with Gasteiger partial charge >= 0.3 is 6.09 Å². The van der Waals surface area contributed by atoms with Gasteiger partial charge in [-0.15, -0.1) is 0 Å². The number of carbonyl (C=O) groups excluding carboxylic acids is 1. The molecule has 2 aromatic carbocycles. The number of amides is 1. The van der Waals surface area contributed by atoms with Gasteiger partial charge in [-0.05, 0) is 49.6 Å². The fourth-order valence-corrected chi connectivity index (χ4v) is 3.19. The minimum absolute atomic E-state index is 0.504. The molecule has 1 saturated carbocycles. The van der Waals surface area contributed by atoms with Gasteiger partial charge in [-0.25, -0.2) is 4.79 Å². The number of hydrogen-bond donors (Lipinski definition) is 1. The molecule has 6 heteroatoms. The highest BCUT2D eigenvalue weighted by Crippen LogP contribution is 2.49. The lowest BCUT2D eigenvalue weighted by molar-refractivity contribution is 0.0941. The van der Waals surface area contributed by atoms with E-state index in [1.807, 2.05) is 54.6 Å². The summed E-state index contributed by atoms with van der Waals surface area (Å²) in [6.07, 6.45) is 1.15. The highest BCUT2D eigenvalue weighted by atomic mass is 79.9. The molecule has 1 aliphatic carbocycles. The number of anilines is 1. The predicted octanol–water partition coefficient (Wildman–Crippen LogP) is 5.65. The van der Waals surface area contributed by atoms with Crippen LogP contribution in [0.4, 0.5) is 10.5 Å².